The van der Waals surface area contributed by atoms with E-state index in [-0.39, 0.29) is 0 Å². The van der Waals surface area contributed by atoms with Gasteiger partial charge in [-0.15, -0.1) is 0 Å². The highest BCUT2D eigenvalue weighted by atomic mass is 15.3. The average Bonchev–Trinajstić information content (AvgIpc) is 2.75. The number of benzene rings is 1. The van der Waals surface area contributed by atoms with Crippen LogP contribution in [0.1, 0.15) is 18.3 Å². The van der Waals surface area contributed by atoms with E-state index < -0.39 is 0 Å². The number of hydrogen-bond acceptors (Lipinski definition) is 8. The summed E-state index contributed by atoms with van der Waals surface area (Å²) in [5.74, 6) is 2.42. The van der Waals surface area contributed by atoms with E-state index in [1.165, 1.54) is 5.56 Å². The van der Waals surface area contributed by atoms with Crippen molar-refractivity contribution in [3.05, 3.63) is 48.0 Å². The third kappa shape index (κ3) is 4.65. The summed E-state index contributed by atoms with van der Waals surface area (Å²) in [5, 5.41) is 3.13. The molecule has 3 aromatic rings. The van der Waals surface area contributed by atoms with Gasteiger partial charge in [0, 0.05) is 50.6 Å². The van der Waals surface area contributed by atoms with E-state index in [2.05, 4.69) is 78.3 Å². The van der Waals surface area contributed by atoms with Crippen LogP contribution in [-0.4, -0.2) is 63.0 Å². The molecule has 2 aromatic heterocycles. The molecule has 0 spiro atoms. The molecular weight excluding hydrogens is 364 g/mol. The van der Waals surface area contributed by atoms with Gasteiger partial charge >= 0.3 is 0 Å². The standard InChI is InChI=1S/C21H26N8/c1-4-18-24-20(27-21(25-18)29-11-9-28(3)10-12-29)26-19-22-13-17(14-23-19)16-7-5-15(2)6-8-16/h5-8,13-14H,4,9-12H2,1-3H3,(H,22,23,24,25,26,27). The van der Waals surface area contributed by atoms with Crippen LogP contribution in [0.15, 0.2) is 36.7 Å². The van der Waals surface area contributed by atoms with Crippen LogP contribution < -0.4 is 10.2 Å². The van der Waals surface area contributed by atoms with Gasteiger partial charge in [-0.05, 0) is 19.5 Å². The molecule has 8 nitrogen and oxygen atoms in total. The average molecular weight is 390 g/mol. The molecule has 1 N–H and O–H groups in total. The van der Waals surface area contributed by atoms with Crippen LogP contribution in [0.2, 0.25) is 0 Å². The molecule has 1 fully saturated rings. The molecule has 0 bridgehead atoms. The Morgan fingerprint density at radius 2 is 1.55 bits per heavy atom. The van der Waals surface area contributed by atoms with E-state index in [0.29, 0.717) is 17.8 Å². The Morgan fingerprint density at radius 1 is 0.862 bits per heavy atom. The minimum atomic E-state index is 0.471. The summed E-state index contributed by atoms with van der Waals surface area (Å²) in [6.07, 6.45) is 4.36. The number of nitrogens with one attached hydrogen (secondary N) is 1. The van der Waals surface area contributed by atoms with Crippen LogP contribution >= 0.6 is 0 Å². The normalized spacial score (nSPS) is 14.8. The molecule has 0 unspecified atom stereocenters. The summed E-state index contributed by atoms with van der Waals surface area (Å²) in [6, 6.07) is 8.31. The van der Waals surface area contributed by atoms with Gasteiger partial charge in [0.15, 0.2) is 0 Å². The summed E-state index contributed by atoms with van der Waals surface area (Å²) in [4.78, 5) is 27.1. The van der Waals surface area contributed by atoms with Gasteiger partial charge in [-0.2, -0.15) is 15.0 Å². The van der Waals surface area contributed by atoms with Gasteiger partial charge in [0.25, 0.3) is 0 Å². The van der Waals surface area contributed by atoms with Crippen LogP contribution in [0.25, 0.3) is 11.1 Å². The Hall–Kier alpha value is -3.13. The largest absolute Gasteiger partial charge is 0.338 e. The summed E-state index contributed by atoms with van der Waals surface area (Å²) in [7, 11) is 2.13. The second-order valence-electron chi connectivity index (χ2n) is 7.31. The van der Waals surface area contributed by atoms with Crippen LogP contribution in [0.5, 0.6) is 0 Å². The van der Waals surface area contributed by atoms with E-state index in [4.69, 9.17) is 0 Å². The topological polar surface area (TPSA) is 83.0 Å². The number of aryl methyl sites for hydroxylation is 2. The molecule has 8 heteroatoms. The minimum Gasteiger partial charge on any atom is -0.338 e. The molecule has 4 rings (SSSR count). The molecule has 150 valence electrons. The lowest BCUT2D eigenvalue weighted by atomic mass is 10.1. The van der Waals surface area contributed by atoms with Crippen LogP contribution in [0.3, 0.4) is 0 Å². The zero-order valence-electron chi connectivity index (χ0n) is 17.1. The highest BCUT2D eigenvalue weighted by Gasteiger charge is 2.18. The van der Waals surface area contributed by atoms with E-state index >= 15 is 0 Å². The monoisotopic (exact) mass is 390 g/mol. The van der Waals surface area contributed by atoms with Crippen molar-refractivity contribution in [3.63, 3.8) is 0 Å². The molecule has 29 heavy (non-hydrogen) atoms. The Kier molecular flexibility index (Phi) is 5.62. The molecular formula is C21H26N8. The SMILES string of the molecule is CCc1nc(Nc2ncc(-c3ccc(C)cc3)cn2)nc(N2CCN(C)CC2)n1. The zero-order chi connectivity index (χ0) is 20.2. The highest BCUT2D eigenvalue weighted by molar-refractivity contribution is 5.62. The third-order valence-electron chi connectivity index (χ3n) is 5.03. The fraction of sp³-hybridized carbons (Fsp3) is 0.381. The van der Waals surface area contributed by atoms with Crippen molar-refractivity contribution in [2.24, 2.45) is 0 Å². The quantitative estimate of drug-likeness (QED) is 0.712. The number of likely N-dealkylation sites (N-methyl/N-ethyl adjacent to an activating group) is 1. The molecule has 0 aliphatic carbocycles. The third-order valence-corrected chi connectivity index (χ3v) is 5.03. The maximum absolute atomic E-state index is 4.61. The van der Waals surface area contributed by atoms with Crippen molar-refractivity contribution < 1.29 is 0 Å². The fourth-order valence-corrected chi connectivity index (χ4v) is 3.16. The Labute approximate surface area is 171 Å². The maximum atomic E-state index is 4.61. The fourth-order valence-electron chi connectivity index (χ4n) is 3.16. The van der Waals surface area contributed by atoms with Gasteiger partial charge in [-0.3, -0.25) is 5.32 Å². The van der Waals surface area contributed by atoms with Crippen LogP contribution in [0, 0.1) is 6.92 Å². The van der Waals surface area contributed by atoms with Gasteiger partial charge in [0.05, 0.1) is 0 Å². The lowest BCUT2D eigenvalue weighted by Gasteiger charge is -2.32. The van der Waals surface area contributed by atoms with Gasteiger partial charge < -0.3 is 9.80 Å². The first-order valence-corrected chi connectivity index (χ1v) is 9.95. The predicted octanol–water partition coefficient (Wildman–Crippen LogP) is 2.69. The molecule has 0 atom stereocenters. The zero-order valence-corrected chi connectivity index (χ0v) is 17.1. The van der Waals surface area contributed by atoms with E-state index in [1.807, 2.05) is 19.3 Å². The van der Waals surface area contributed by atoms with Crippen molar-refractivity contribution in [3.8, 4) is 11.1 Å². The van der Waals surface area contributed by atoms with Gasteiger partial charge in [-0.25, -0.2) is 9.97 Å². The summed E-state index contributed by atoms with van der Waals surface area (Å²) in [5.41, 5.74) is 3.29. The molecule has 0 amide bonds. The second kappa shape index (κ2) is 8.48. The number of piperazine rings is 1. The van der Waals surface area contributed by atoms with E-state index in [0.717, 1.165) is 49.6 Å². The van der Waals surface area contributed by atoms with Crippen molar-refractivity contribution in [2.75, 3.05) is 43.4 Å². The first-order chi connectivity index (χ1) is 14.1. The first-order valence-electron chi connectivity index (χ1n) is 9.95. The number of anilines is 3. The molecule has 3 heterocycles. The number of aromatic nitrogens is 5. The molecule has 0 saturated carbocycles. The minimum absolute atomic E-state index is 0.471. The molecule has 1 aliphatic heterocycles. The van der Waals surface area contributed by atoms with Crippen LogP contribution in [-0.2, 0) is 6.42 Å². The molecule has 1 aromatic carbocycles. The summed E-state index contributed by atoms with van der Waals surface area (Å²) < 4.78 is 0. The van der Waals surface area contributed by atoms with Crippen LogP contribution in [0.4, 0.5) is 17.8 Å². The predicted molar refractivity (Wildman–Crippen MR) is 114 cm³/mol. The summed E-state index contributed by atoms with van der Waals surface area (Å²) >= 11 is 0. The summed E-state index contributed by atoms with van der Waals surface area (Å²) in [6.45, 7) is 7.93. The van der Waals surface area contributed by atoms with Crippen molar-refractivity contribution in [1.82, 2.24) is 29.8 Å². The molecule has 1 saturated heterocycles. The van der Waals surface area contributed by atoms with Gasteiger partial charge in [-0.1, -0.05) is 36.8 Å². The Morgan fingerprint density at radius 3 is 2.21 bits per heavy atom. The number of rotatable bonds is 5. The number of nitrogens with zero attached hydrogens (tertiary/aromatic N) is 7. The molecule has 0 radical (unpaired) electrons. The highest BCUT2D eigenvalue weighted by Crippen LogP contribution is 2.20. The lowest BCUT2D eigenvalue weighted by Crippen LogP contribution is -2.45. The van der Waals surface area contributed by atoms with E-state index in [1.54, 1.807) is 0 Å². The maximum Gasteiger partial charge on any atom is 0.234 e. The van der Waals surface area contributed by atoms with Crippen molar-refractivity contribution >= 4 is 17.8 Å². The van der Waals surface area contributed by atoms with Crippen molar-refractivity contribution in [1.29, 1.82) is 0 Å². The lowest BCUT2D eigenvalue weighted by molar-refractivity contribution is 0.311. The Balaban J connectivity index is 1.52. The van der Waals surface area contributed by atoms with E-state index in [9.17, 15) is 0 Å². The van der Waals surface area contributed by atoms with Gasteiger partial charge in [0.2, 0.25) is 17.8 Å². The number of hydrogen-bond donors (Lipinski definition) is 1. The van der Waals surface area contributed by atoms with Crippen molar-refractivity contribution in [2.45, 2.75) is 20.3 Å². The molecule has 1 aliphatic rings. The Bertz CT molecular complexity index is 947. The second-order valence-corrected chi connectivity index (χ2v) is 7.31. The van der Waals surface area contributed by atoms with Gasteiger partial charge in [0.1, 0.15) is 5.82 Å². The smallest absolute Gasteiger partial charge is 0.234 e. The first kappa shape index (κ1) is 19.2.